The van der Waals surface area contributed by atoms with Crippen LogP contribution >= 0.6 is 11.6 Å². The van der Waals surface area contributed by atoms with E-state index < -0.39 is 0 Å². The summed E-state index contributed by atoms with van der Waals surface area (Å²) in [7, 11) is 1.62. The smallest absolute Gasteiger partial charge is 0.142 e. The highest BCUT2D eigenvalue weighted by molar-refractivity contribution is 6.30. The van der Waals surface area contributed by atoms with Gasteiger partial charge in [0.2, 0.25) is 0 Å². The van der Waals surface area contributed by atoms with Crippen molar-refractivity contribution in [1.82, 2.24) is 0 Å². The van der Waals surface area contributed by atoms with Crippen LogP contribution in [0.2, 0.25) is 5.02 Å². The predicted octanol–water partition coefficient (Wildman–Crippen LogP) is 3.78. The molecule has 4 heteroatoms. The van der Waals surface area contributed by atoms with Crippen LogP contribution in [0.3, 0.4) is 0 Å². The summed E-state index contributed by atoms with van der Waals surface area (Å²) in [6.07, 6.45) is 2.79. The maximum absolute atomic E-state index is 5.87. The van der Waals surface area contributed by atoms with E-state index in [1.54, 1.807) is 7.11 Å². The van der Waals surface area contributed by atoms with E-state index in [9.17, 15) is 0 Å². The quantitative estimate of drug-likeness (QED) is 0.614. The summed E-state index contributed by atoms with van der Waals surface area (Å²) >= 11 is 5.87. The zero-order valence-electron chi connectivity index (χ0n) is 10.5. The molecule has 0 atom stereocenters. The van der Waals surface area contributed by atoms with Crippen molar-refractivity contribution in [1.29, 1.82) is 0 Å². The first-order valence-electron chi connectivity index (χ1n) is 5.74. The molecular formula is C15H13ClNO2. The van der Waals surface area contributed by atoms with Gasteiger partial charge in [-0.25, -0.2) is 0 Å². The van der Waals surface area contributed by atoms with Crippen molar-refractivity contribution in [2.45, 2.75) is 6.61 Å². The van der Waals surface area contributed by atoms with Gasteiger partial charge in [-0.1, -0.05) is 41.0 Å². The normalized spacial score (nSPS) is 10.6. The molecule has 0 saturated heterocycles. The van der Waals surface area contributed by atoms with Crippen LogP contribution in [0.5, 0.6) is 5.75 Å². The zero-order valence-corrected chi connectivity index (χ0v) is 11.2. The Bertz CT molecular complexity index is 570. The lowest BCUT2D eigenvalue weighted by Crippen LogP contribution is -1.89. The number of benzene rings is 2. The van der Waals surface area contributed by atoms with E-state index in [0.717, 1.165) is 16.9 Å². The SMILES string of the molecule is COc1cccc(/[C]=N\OCc2cccc(Cl)c2)c1. The fraction of sp³-hybridized carbons (Fsp3) is 0.133. The van der Waals surface area contributed by atoms with Gasteiger partial charge in [0.25, 0.3) is 0 Å². The van der Waals surface area contributed by atoms with Gasteiger partial charge in [0.15, 0.2) is 0 Å². The van der Waals surface area contributed by atoms with Crippen LogP contribution in [0.4, 0.5) is 0 Å². The van der Waals surface area contributed by atoms with E-state index in [4.69, 9.17) is 21.2 Å². The molecule has 0 aliphatic rings. The van der Waals surface area contributed by atoms with Gasteiger partial charge in [0.1, 0.15) is 18.6 Å². The van der Waals surface area contributed by atoms with Crippen LogP contribution in [0.25, 0.3) is 0 Å². The molecule has 0 spiro atoms. The van der Waals surface area contributed by atoms with Crippen molar-refractivity contribution in [3.05, 3.63) is 64.7 Å². The lowest BCUT2D eigenvalue weighted by molar-refractivity contribution is 0.132. The molecule has 0 amide bonds. The van der Waals surface area contributed by atoms with Crippen molar-refractivity contribution >= 4 is 17.8 Å². The molecule has 0 aromatic heterocycles. The van der Waals surface area contributed by atoms with Gasteiger partial charge in [-0.15, -0.1) is 0 Å². The van der Waals surface area contributed by atoms with Crippen LogP contribution < -0.4 is 4.74 Å². The number of rotatable bonds is 5. The van der Waals surface area contributed by atoms with Gasteiger partial charge < -0.3 is 9.57 Å². The highest BCUT2D eigenvalue weighted by Gasteiger charge is 1.95. The first kappa shape index (κ1) is 13.4. The van der Waals surface area contributed by atoms with Gasteiger partial charge >= 0.3 is 0 Å². The summed E-state index contributed by atoms with van der Waals surface area (Å²) in [5.74, 6) is 0.759. The Kier molecular flexibility index (Phi) is 4.81. The first-order valence-corrected chi connectivity index (χ1v) is 6.12. The molecule has 0 aliphatic carbocycles. The Balaban J connectivity index is 1.89. The average Bonchev–Trinajstić information content (AvgIpc) is 2.44. The van der Waals surface area contributed by atoms with E-state index >= 15 is 0 Å². The van der Waals surface area contributed by atoms with Crippen molar-refractivity contribution in [2.24, 2.45) is 5.16 Å². The molecule has 0 unspecified atom stereocenters. The molecule has 0 aliphatic heterocycles. The molecule has 1 radical (unpaired) electrons. The van der Waals surface area contributed by atoms with Crippen LogP contribution in [-0.4, -0.2) is 13.3 Å². The molecule has 3 nitrogen and oxygen atoms in total. The zero-order chi connectivity index (χ0) is 13.5. The highest BCUT2D eigenvalue weighted by Crippen LogP contribution is 2.12. The summed E-state index contributed by atoms with van der Waals surface area (Å²) in [5, 5.41) is 4.48. The fourth-order valence-corrected chi connectivity index (χ4v) is 1.72. The lowest BCUT2D eigenvalue weighted by Gasteiger charge is -2.01. The summed E-state index contributed by atoms with van der Waals surface area (Å²) in [4.78, 5) is 5.17. The molecule has 97 valence electrons. The second-order valence-corrected chi connectivity index (χ2v) is 4.27. The summed E-state index contributed by atoms with van der Waals surface area (Å²) in [5.41, 5.74) is 1.76. The summed E-state index contributed by atoms with van der Waals surface area (Å²) in [6.45, 7) is 0.359. The monoisotopic (exact) mass is 274 g/mol. The summed E-state index contributed by atoms with van der Waals surface area (Å²) in [6, 6.07) is 14.9. The van der Waals surface area contributed by atoms with Crippen molar-refractivity contribution in [3.8, 4) is 5.75 Å². The van der Waals surface area contributed by atoms with Crippen molar-refractivity contribution in [3.63, 3.8) is 0 Å². The van der Waals surface area contributed by atoms with Crippen molar-refractivity contribution in [2.75, 3.05) is 7.11 Å². The van der Waals surface area contributed by atoms with Crippen molar-refractivity contribution < 1.29 is 9.57 Å². The van der Waals surface area contributed by atoms with Crippen LogP contribution in [0.15, 0.2) is 53.7 Å². The second kappa shape index (κ2) is 6.81. The standard InChI is InChI=1S/C15H13ClNO2/c1-18-15-7-3-4-12(9-15)10-17-19-11-13-5-2-6-14(16)8-13/h2-9H,11H2,1H3. The minimum Gasteiger partial charge on any atom is -0.497 e. The molecule has 19 heavy (non-hydrogen) atoms. The third kappa shape index (κ3) is 4.30. The maximum Gasteiger partial charge on any atom is 0.142 e. The Morgan fingerprint density at radius 2 is 2.00 bits per heavy atom. The van der Waals surface area contributed by atoms with E-state index in [2.05, 4.69) is 11.4 Å². The topological polar surface area (TPSA) is 30.8 Å². The Morgan fingerprint density at radius 3 is 2.79 bits per heavy atom. The minimum absolute atomic E-state index is 0.359. The Labute approximate surface area is 117 Å². The fourth-order valence-electron chi connectivity index (χ4n) is 1.51. The van der Waals surface area contributed by atoms with Gasteiger partial charge in [-0.2, -0.15) is 0 Å². The Morgan fingerprint density at radius 1 is 1.16 bits per heavy atom. The third-order valence-electron chi connectivity index (χ3n) is 2.43. The average molecular weight is 275 g/mol. The second-order valence-electron chi connectivity index (χ2n) is 3.84. The van der Waals surface area contributed by atoms with Crippen LogP contribution in [0, 0.1) is 0 Å². The molecule has 2 rings (SSSR count). The number of hydrogen-bond donors (Lipinski definition) is 0. The molecular weight excluding hydrogens is 262 g/mol. The maximum atomic E-state index is 5.87. The van der Waals surface area contributed by atoms with Gasteiger partial charge in [-0.05, 0) is 29.8 Å². The molecule has 0 heterocycles. The van der Waals surface area contributed by atoms with Gasteiger partial charge in [0, 0.05) is 10.6 Å². The molecule has 2 aromatic carbocycles. The molecule has 0 fully saturated rings. The van der Waals surface area contributed by atoms with E-state index in [-0.39, 0.29) is 0 Å². The minimum atomic E-state index is 0.359. The molecule has 0 N–H and O–H groups in total. The third-order valence-corrected chi connectivity index (χ3v) is 2.66. The number of ether oxygens (including phenoxy) is 1. The van der Waals surface area contributed by atoms with Gasteiger partial charge in [0.05, 0.1) is 7.11 Å². The largest absolute Gasteiger partial charge is 0.497 e. The van der Waals surface area contributed by atoms with Crippen LogP contribution in [0.1, 0.15) is 11.1 Å². The van der Waals surface area contributed by atoms with E-state index in [1.807, 2.05) is 48.5 Å². The van der Waals surface area contributed by atoms with Crippen LogP contribution in [-0.2, 0) is 11.4 Å². The first-order chi connectivity index (χ1) is 9.28. The van der Waals surface area contributed by atoms with E-state index in [1.165, 1.54) is 0 Å². The molecule has 2 aromatic rings. The number of nitrogens with zero attached hydrogens (tertiary/aromatic N) is 1. The molecule has 0 saturated carbocycles. The molecule has 0 bridgehead atoms. The van der Waals surface area contributed by atoms with E-state index in [0.29, 0.717) is 11.6 Å². The lowest BCUT2D eigenvalue weighted by atomic mass is 10.2. The van der Waals surface area contributed by atoms with Gasteiger partial charge in [-0.3, -0.25) is 0 Å². The predicted molar refractivity (Wildman–Crippen MR) is 75.8 cm³/mol. The Hall–Kier alpha value is -2.00. The number of methoxy groups -OCH3 is 1. The summed E-state index contributed by atoms with van der Waals surface area (Å²) < 4.78 is 5.11. The highest BCUT2D eigenvalue weighted by atomic mass is 35.5. The number of hydrogen-bond acceptors (Lipinski definition) is 3. The number of halogens is 1.